The molecule has 5 heterocycles. The monoisotopic (exact) mass is 1040 g/mol. The van der Waals surface area contributed by atoms with Crippen molar-refractivity contribution in [3.63, 3.8) is 0 Å². The predicted octanol–water partition coefficient (Wildman–Crippen LogP) is -4.31. The Kier molecular flexibility index (Phi) is 18.0. The van der Waals surface area contributed by atoms with Crippen LogP contribution in [-0.2, 0) is 40.5 Å². The van der Waals surface area contributed by atoms with Crippen molar-refractivity contribution in [1.29, 1.82) is 0 Å². The van der Waals surface area contributed by atoms with Gasteiger partial charge in [-0.25, -0.2) is 43.6 Å². The number of benzene rings is 4. The van der Waals surface area contributed by atoms with E-state index in [0.29, 0.717) is 87.7 Å². The van der Waals surface area contributed by atoms with Crippen molar-refractivity contribution in [2.24, 2.45) is 0 Å². The molecule has 1 N–H and O–H groups in total. The number of aromatic nitrogens is 3. The molecule has 0 unspecified atom stereocenters. The normalized spacial score (nSPS) is 12.3. The number of H-pyrrole nitrogens is 1. The molecule has 0 fully saturated rings. The molecule has 7 aromatic rings. The second-order valence-corrected chi connectivity index (χ2v) is 20.9. The van der Waals surface area contributed by atoms with Gasteiger partial charge in [0.1, 0.15) is 40.5 Å². The maximum Gasteiger partial charge on any atom is 1.00 e. The quantitative estimate of drug-likeness (QED) is 0.112. The van der Waals surface area contributed by atoms with Gasteiger partial charge in [-0.05, 0) is 119 Å². The van der Waals surface area contributed by atoms with Crippen molar-refractivity contribution in [1.82, 2.24) is 15.0 Å². The first kappa shape index (κ1) is 56.5. The van der Waals surface area contributed by atoms with Crippen molar-refractivity contribution in [3.05, 3.63) is 144 Å². The summed E-state index contributed by atoms with van der Waals surface area (Å²) in [6, 6.07) is 28.2. The zero-order chi connectivity index (χ0) is 45.3. The maximum atomic E-state index is 11.9. The summed E-state index contributed by atoms with van der Waals surface area (Å²) in [5, 5.41) is 0. The zero-order valence-electron chi connectivity index (χ0n) is 36.2. The zero-order valence-corrected chi connectivity index (χ0v) is 48.3. The molecule has 322 valence electrons. The van der Waals surface area contributed by atoms with E-state index in [0.717, 1.165) is 0 Å². The molecule has 0 aliphatic carbocycles. The number of rotatable bonds is 8. The topological polar surface area (TPSA) is 270 Å². The third-order valence-electron chi connectivity index (χ3n) is 10.4. The fourth-order valence-electron chi connectivity index (χ4n) is 7.44. The van der Waals surface area contributed by atoms with Crippen LogP contribution in [0.3, 0.4) is 0 Å². The van der Waals surface area contributed by atoms with Gasteiger partial charge in [-0.2, -0.15) is 0 Å². The third-order valence-corrected chi connectivity index (χ3v) is 14.9. The molecule has 24 heteroatoms. The molecular formula is C44H25N3Na4O12S5. The summed E-state index contributed by atoms with van der Waals surface area (Å²) in [7, 11) is -19.2. The van der Waals surface area contributed by atoms with E-state index in [1.165, 1.54) is 108 Å². The van der Waals surface area contributed by atoms with Crippen LogP contribution in [0.15, 0.2) is 141 Å². The van der Waals surface area contributed by atoms with Crippen molar-refractivity contribution in [3.8, 4) is 44.5 Å². The number of hydrogen-bond donors (Lipinski definition) is 1. The van der Waals surface area contributed by atoms with Crippen LogP contribution in [0.5, 0.6) is 0 Å². The molecule has 68 heavy (non-hydrogen) atoms. The Morgan fingerprint density at radius 2 is 0.574 bits per heavy atom. The molecular weight excluding hydrogens is 1010 g/mol. The van der Waals surface area contributed by atoms with E-state index in [1.807, 2.05) is 0 Å². The van der Waals surface area contributed by atoms with Crippen LogP contribution in [0.25, 0.3) is 89.2 Å². The number of hydrogen-bond acceptors (Lipinski definition) is 15. The van der Waals surface area contributed by atoms with Crippen molar-refractivity contribution in [2.75, 3.05) is 0 Å². The van der Waals surface area contributed by atoms with Gasteiger partial charge in [0.25, 0.3) is 0 Å². The van der Waals surface area contributed by atoms with Crippen LogP contribution in [0.1, 0.15) is 22.8 Å². The number of thiophene rings is 1. The summed E-state index contributed by atoms with van der Waals surface area (Å²) in [5.74, 6) is 0. The molecule has 2 aliphatic rings. The first-order valence-electron chi connectivity index (χ1n) is 18.5. The van der Waals surface area contributed by atoms with E-state index in [1.54, 1.807) is 48.6 Å². The Balaban J connectivity index is 0.00000216. The van der Waals surface area contributed by atoms with Gasteiger partial charge in [0.15, 0.2) is 0 Å². The van der Waals surface area contributed by atoms with Gasteiger partial charge >= 0.3 is 118 Å². The van der Waals surface area contributed by atoms with E-state index in [9.17, 15) is 51.9 Å². The Morgan fingerprint density at radius 3 is 0.824 bits per heavy atom. The Labute approximate surface area is 483 Å². The van der Waals surface area contributed by atoms with Crippen LogP contribution in [0.2, 0.25) is 0 Å². The maximum absolute atomic E-state index is 11.9. The third kappa shape index (κ3) is 11.7. The van der Waals surface area contributed by atoms with E-state index in [2.05, 4.69) is 4.98 Å². The van der Waals surface area contributed by atoms with Crippen LogP contribution in [0, 0.1) is 0 Å². The van der Waals surface area contributed by atoms with Crippen LogP contribution < -0.4 is 118 Å². The summed E-state index contributed by atoms with van der Waals surface area (Å²) in [6.07, 6.45) is 6.88. The Hall–Kier alpha value is -2.46. The second-order valence-electron chi connectivity index (χ2n) is 14.3. The Bertz CT molecular complexity index is 3320. The molecule has 3 aromatic heterocycles. The smallest absolute Gasteiger partial charge is 0.744 e. The van der Waals surface area contributed by atoms with Crippen LogP contribution in [-0.4, -0.2) is 66.8 Å². The molecule has 0 saturated heterocycles. The summed E-state index contributed by atoms with van der Waals surface area (Å²) in [6.45, 7) is 0. The molecule has 4 aromatic carbocycles. The van der Waals surface area contributed by atoms with Gasteiger partial charge in [0.2, 0.25) is 0 Å². The van der Waals surface area contributed by atoms with Crippen molar-refractivity contribution >= 4 is 96.5 Å². The minimum atomic E-state index is -4.80. The molecule has 9 rings (SSSR count). The first-order chi connectivity index (χ1) is 30.2. The molecule has 0 radical (unpaired) electrons. The van der Waals surface area contributed by atoms with E-state index >= 15 is 0 Å². The number of aromatic amines is 1. The number of nitrogens with zero attached hydrogens (tertiary/aromatic N) is 2. The predicted molar refractivity (Wildman–Crippen MR) is 236 cm³/mol. The molecule has 0 amide bonds. The minimum absolute atomic E-state index is 0. The number of nitrogens with one attached hydrogen (secondary N) is 1. The van der Waals surface area contributed by atoms with Gasteiger partial charge in [-0.1, -0.05) is 48.5 Å². The average molecular weight is 1040 g/mol. The summed E-state index contributed by atoms with van der Waals surface area (Å²) in [5.41, 5.74) is 6.29. The first-order valence-corrected chi connectivity index (χ1v) is 25.0. The van der Waals surface area contributed by atoms with Crippen LogP contribution in [0.4, 0.5) is 0 Å². The molecule has 8 bridgehead atoms. The summed E-state index contributed by atoms with van der Waals surface area (Å²) in [4.78, 5) is 11.7. The van der Waals surface area contributed by atoms with Crippen molar-refractivity contribution < 1.29 is 170 Å². The largest absolute Gasteiger partial charge is 1.00 e. The summed E-state index contributed by atoms with van der Waals surface area (Å²) < 4.78 is 144. The van der Waals surface area contributed by atoms with E-state index in [-0.39, 0.29) is 118 Å². The second kappa shape index (κ2) is 21.7. The molecule has 15 nitrogen and oxygen atoms in total. The van der Waals surface area contributed by atoms with Crippen LogP contribution >= 0.6 is 11.3 Å². The fraction of sp³-hybridized carbons (Fsp3) is 0. The SMILES string of the molecule is O=S(=O)([O-])c1ccc(-c2c3nc(c(-c4ccc(S(=O)(=O)[O-])cc4)c4ccc(s4)c(-c4ccc(S(=O)(=O)[O-])cc4)c4nc(c(-c5ccc(S(=O)(=O)[O-])cc5)c5ccc2[nH]5)C=C4)C=C3)cc1.[Na+].[Na+].[Na+].[Na+]. The Morgan fingerprint density at radius 1 is 0.338 bits per heavy atom. The molecule has 0 spiro atoms. The van der Waals surface area contributed by atoms with Gasteiger partial charge in [0, 0.05) is 42.7 Å². The van der Waals surface area contributed by atoms with Crippen molar-refractivity contribution in [2.45, 2.75) is 19.6 Å². The van der Waals surface area contributed by atoms with Gasteiger partial charge in [-0.3, -0.25) is 0 Å². The van der Waals surface area contributed by atoms with E-state index in [4.69, 9.17) is 9.97 Å². The van der Waals surface area contributed by atoms with Gasteiger partial charge in [0.05, 0.1) is 42.4 Å². The molecule has 2 aliphatic heterocycles. The van der Waals surface area contributed by atoms with Gasteiger partial charge in [-0.15, -0.1) is 11.3 Å². The fourth-order valence-corrected chi connectivity index (χ4v) is 10.5. The van der Waals surface area contributed by atoms with E-state index < -0.39 is 60.1 Å². The average Bonchev–Trinajstić information content (AvgIpc) is 4.08. The van der Waals surface area contributed by atoms with Gasteiger partial charge < -0.3 is 23.2 Å². The molecule has 0 saturated carbocycles. The summed E-state index contributed by atoms with van der Waals surface area (Å²) >= 11 is 1.28. The molecule has 0 atom stereocenters. The standard InChI is InChI=1S/C44H29N3O12S5.4Na/c48-61(49,50)29-9-1-25(2-10-29)41-33-17-18-34(45-33)42(26-3-11-30(12-4-26)62(51,52)53)36-20-22-38(47-36)44(28-7-15-32(16-8-28)64(57,58)59)40-24-23-39(60-40)43(37-21-19-35(41)46-37)27-5-13-31(14-6-27)63(54,55)56;;;;/h1-24,45H,(H,48,49,50)(H,51,52,53)(H,54,55,56)(H,57,58,59);;;;/q;4*+1/p-4. The minimum Gasteiger partial charge on any atom is -0.744 e. The number of fused-ring (bicyclic) bond motifs is 8.